The second kappa shape index (κ2) is 3.59. The molecule has 0 fully saturated rings. The predicted octanol–water partition coefficient (Wildman–Crippen LogP) is 2.52. The van der Waals surface area contributed by atoms with E-state index in [1.54, 1.807) is 12.3 Å². The van der Waals surface area contributed by atoms with Crippen LogP contribution in [-0.2, 0) is 0 Å². The van der Waals surface area contributed by atoms with E-state index in [1.807, 2.05) is 31.2 Å². The number of para-hydroxylation sites is 1. The lowest BCUT2D eigenvalue weighted by Crippen LogP contribution is -1.89. The maximum absolute atomic E-state index is 5.56. The number of benzene rings is 1. The van der Waals surface area contributed by atoms with E-state index in [-0.39, 0.29) is 0 Å². The number of imidazole rings is 1. The molecular weight excluding hydrogens is 212 g/mol. The van der Waals surface area contributed by atoms with Crippen LogP contribution in [0.15, 0.2) is 36.5 Å². The van der Waals surface area contributed by atoms with E-state index in [4.69, 9.17) is 5.73 Å². The molecule has 0 amide bonds. The summed E-state index contributed by atoms with van der Waals surface area (Å²) >= 11 is 0. The van der Waals surface area contributed by atoms with Gasteiger partial charge in [0.2, 0.25) is 0 Å². The molecule has 0 radical (unpaired) electrons. The first-order valence-electron chi connectivity index (χ1n) is 5.41. The number of hydrogen-bond donors (Lipinski definition) is 2. The fourth-order valence-electron chi connectivity index (χ4n) is 1.86. The average Bonchev–Trinajstić information content (AvgIpc) is 2.75. The minimum Gasteiger partial charge on any atom is -0.384 e. The quantitative estimate of drug-likeness (QED) is 0.667. The summed E-state index contributed by atoms with van der Waals surface area (Å²) in [6.45, 7) is 2.05. The van der Waals surface area contributed by atoms with Gasteiger partial charge in [0.05, 0.1) is 11.0 Å². The summed E-state index contributed by atoms with van der Waals surface area (Å²) in [7, 11) is 0. The van der Waals surface area contributed by atoms with Crippen LogP contribution < -0.4 is 5.73 Å². The van der Waals surface area contributed by atoms with E-state index < -0.39 is 0 Å². The number of fused-ring (bicyclic) bond motifs is 1. The van der Waals surface area contributed by atoms with Gasteiger partial charge in [-0.25, -0.2) is 9.97 Å². The largest absolute Gasteiger partial charge is 0.384 e. The van der Waals surface area contributed by atoms with Gasteiger partial charge in [-0.2, -0.15) is 0 Å². The molecule has 0 bridgehead atoms. The molecule has 0 aliphatic carbocycles. The number of pyridine rings is 1. The van der Waals surface area contributed by atoms with Crippen LogP contribution in [0.1, 0.15) is 5.56 Å². The van der Waals surface area contributed by atoms with Gasteiger partial charge in [-0.15, -0.1) is 0 Å². The van der Waals surface area contributed by atoms with Crippen molar-refractivity contribution in [2.24, 2.45) is 0 Å². The van der Waals surface area contributed by atoms with Gasteiger partial charge >= 0.3 is 0 Å². The van der Waals surface area contributed by atoms with Crippen LogP contribution in [0.4, 0.5) is 5.82 Å². The number of anilines is 1. The first-order valence-corrected chi connectivity index (χ1v) is 5.41. The first kappa shape index (κ1) is 9.84. The zero-order valence-corrected chi connectivity index (χ0v) is 9.44. The first-order chi connectivity index (χ1) is 8.24. The third-order valence-corrected chi connectivity index (χ3v) is 2.77. The Labute approximate surface area is 98.5 Å². The van der Waals surface area contributed by atoms with E-state index in [9.17, 15) is 0 Å². The highest BCUT2D eigenvalue weighted by atomic mass is 14.9. The number of H-pyrrole nitrogens is 1. The molecular formula is C13H12N4. The van der Waals surface area contributed by atoms with Crippen molar-refractivity contribution in [1.82, 2.24) is 15.0 Å². The Morgan fingerprint density at radius 2 is 2.06 bits per heavy atom. The van der Waals surface area contributed by atoms with Crippen molar-refractivity contribution in [3.63, 3.8) is 0 Å². The third-order valence-electron chi connectivity index (χ3n) is 2.77. The molecule has 84 valence electrons. The highest BCUT2D eigenvalue weighted by Crippen LogP contribution is 2.22. The number of nitrogens with one attached hydrogen (secondary N) is 1. The lowest BCUT2D eigenvalue weighted by molar-refractivity contribution is 1.28. The number of aromatic nitrogens is 3. The number of nitrogens with zero attached hydrogens (tertiary/aromatic N) is 2. The highest BCUT2D eigenvalue weighted by molar-refractivity contribution is 5.82. The fraction of sp³-hybridized carbons (Fsp3) is 0.0769. The summed E-state index contributed by atoms with van der Waals surface area (Å²) in [4.78, 5) is 11.9. The van der Waals surface area contributed by atoms with Gasteiger partial charge in [-0.05, 0) is 30.7 Å². The molecule has 0 unspecified atom stereocenters. The molecule has 1 aromatic carbocycles. The molecule has 0 saturated heterocycles. The molecule has 3 rings (SSSR count). The summed E-state index contributed by atoms with van der Waals surface area (Å²) in [5, 5.41) is 0. The van der Waals surface area contributed by atoms with Crippen molar-refractivity contribution in [2.45, 2.75) is 6.92 Å². The Morgan fingerprint density at radius 3 is 2.76 bits per heavy atom. The minimum absolute atomic E-state index is 0.515. The van der Waals surface area contributed by atoms with Gasteiger partial charge in [0.15, 0.2) is 0 Å². The maximum Gasteiger partial charge on any atom is 0.140 e. The summed E-state index contributed by atoms with van der Waals surface area (Å²) in [6.07, 6.45) is 1.72. The molecule has 0 spiro atoms. The second-order valence-electron chi connectivity index (χ2n) is 4.03. The summed E-state index contributed by atoms with van der Waals surface area (Å²) in [5.41, 5.74) is 9.70. The number of hydrogen-bond acceptors (Lipinski definition) is 3. The maximum atomic E-state index is 5.56. The SMILES string of the molecule is Cc1cccc2[nH]c(-c3ccc(N)nc3)nc12. The number of nitrogen functional groups attached to an aromatic ring is 1. The standard InChI is InChI=1S/C13H12N4/c1-8-3-2-4-10-12(8)17-13(16-10)9-5-6-11(14)15-7-9/h2-7H,1H3,(H2,14,15)(H,16,17). The van der Waals surface area contributed by atoms with Gasteiger partial charge in [-0.1, -0.05) is 12.1 Å². The number of aromatic amines is 1. The van der Waals surface area contributed by atoms with Crippen molar-refractivity contribution >= 4 is 16.9 Å². The molecule has 0 atom stereocenters. The van der Waals surface area contributed by atoms with Gasteiger partial charge in [0, 0.05) is 11.8 Å². The van der Waals surface area contributed by atoms with Gasteiger partial charge in [0.25, 0.3) is 0 Å². The van der Waals surface area contributed by atoms with Crippen LogP contribution in [0.2, 0.25) is 0 Å². The lowest BCUT2D eigenvalue weighted by Gasteiger charge is -1.95. The lowest BCUT2D eigenvalue weighted by atomic mass is 10.2. The summed E-state index contributed by atoms with van der Waals surface area (Å²) < 4.78 is 0. The van der Waals surface area contributed by atoms with E-state index >= 15 is 0 Å². The zero-order valence-electron chi connectivity index (χ0n) is 9.44. The minimum atomic E-state index is 0.515. The van der Waals surface area contributed by atoms with Crippen LogP contribution in [0.25, 0.3) is 22.4 Å². The van der Waals surface area contributed by atoms with Gasteiger partial charge in [0.1, 0.15) is 11.6 Å². The van der Waals surface area contributed by atoms with Crippen molar-refractivity contribution in [1.29, 1.82) is 0 Å². The molecule has 0 aliphatic heterocycles. The fourth-order valence-corrected chi connectivity index (χ4v) is 1.86. The smallest absolute Gasteiger partial charge is 0.140 e. The Morgan fingerprint density at radius 1 is 1.18 bits per heavy atom. The molecule has 2 aromatic heterocycles. The van der Waals surface area contributed by atoms with Crippen LogP contribution in [0.3, 0.4) is 0 Å². The summed E-state index contributed by atoms with van der Waals surface area (Å²) in [5.74, 6) is 1.34. The van der Waals surface area contributed by atoms with Crippen molar-refractivity contribution < 1.29 is 0 Å². The Kier molecular flexibility index (Phi) is 2.08. The van der Waals surface area contributed by atoms with Crippen LogP contribution in [0, 0.1) is 6.92 Å². The van der Waals surface area contributed by atoms with Crippen molar-refractivity contribution in [3.05, 3.63) is 42.1 Å². The molecule has 2 heterocycles. The molecule has 0 saturated carbocycles. The molecule has 3 aromatic rings. The van der Waals surface area contributed by atoms with E-state index in [0.717, 1.165) is 28.0 Å². The average molecular weight is 224 g/mol. The normalized spacial score (nSPS) is 10.9. The van der Waals surface area contributed by atoms with Crippen LogP contribution in [0.5, 0.6) is 0 Å². The third kappa shape index (κ3) is 1.63. The zero-order chi connectivity index (χ0) is 11.8. The molecule has 17 heavy (non-hydrogen) atoms. The molecule has 4 heteroatoms. The molecule has 4 nitrogen and oxygen atoms in total. The van der Waals surface area contributed by atoms with Gasteiger partial charge in [-0.3, -0.25) is 0 Å². The van der Waals surface area contributed by atoms with E-state index in [2.05, 4.69) is 15.0 Å². The molecule has 3 N–H and O–H groups in total. The van der Waals surface area contributed by atoms with Gasteiger partial charge < -0.3 is 10.7 Å². The topological polar surface area (TPSA) is 67.6 Å². The Bertz CT molecular complexity index is 667. The van der Waals surface area contributed by atoms with Crippen molar-refractivity contribution in [3.8, 4) is 11.4 Å². The Hall–Kier alpha value is -2.36. The second-order valence-corrected chi connectivity index (χ2v) is 4.03. The van der Waals surface area contributed by atoms with E-state index in [1.165, 1.54) is 0 Å². The Balaban J connectivity index is 2.18. The number of rotatable bonds is 1. The molecule has 0 aliphatic rings. The van der Waals surface area contributed by atoms with Crippen molar-refractivity contribution in [2.75, 3.05) is 5.73 Å². The van der Waals surface area contributed by atoms with E-state index in [0.29, 0.717) is 5.82 Å². The number of nitrogens with two attached hydrogens (primary N) is 1. The number of aryl methyl sites for hydroxylation is 1. The highest BCUT2D eigenvalue weighted by Gasteiger charge is 2.06. The summed E-state index contributed by atoms with van der Waals surface area (Å²) in [6, 6.07) is 9.77. The van der Waals surface area contributed by atoms with Crippen LogP contribution in [-0.4, -0.2) is 15.0 Å². The monoisotopic (exact) mass is 224 g/mol. The van der Waals surface area contributed by atoms with Crippen LogP contribution >= 0.6 is 0 Å². The predicted molar refractivity (Wildman–Crippen MR) is 68.5 cm³/mol.